The lowest BCUT2D eigenvalue weighted by atomic mass is 10.1. The van der Waals surface area contributed by atoms with Crippen molar-refractivity contribution in [3.8, 4) is 17.0 Å². The van der Waals surface area contributed by atoms with Gasteiger partial charge in [-0.3, -0.25) is 4.79 Å². The summed E-state index contributed by atoms with van der Waals surface area (Å²) in [6.07, 6.45) is 1.49. The van der Waals surface area contributed by atoms with Crippen LogP contribution in [-0.4, -0.2) is 21.8 Å². The lowest BCUT2D eigenvalue weighted by Gasteiger charge is -2.05. The average molecular weight is 404 g/mol. The SMILES string of the molecule is Cn1c(-c2ccccc2)cc(/C=N\NC(=O)c2cc3ccccc3cc2O)c1Cl. The van der Waals surface area contributed by atoms with Crippen LogP contribution in [0.5, 0.6) is 5.75 Å². The summed E-state index contributed by atoms with van der Waals surface area (Å²) < 4.78 is 1.86. The lowest BCUT2D eigenvalue weighted by molar-refractivity contribution is 0.0952. The molecule has 0 aliphatic carbocycles. The Morgan fingerprint density at radius 1 is 1.03 bits per heavy atom. The van der Waals surface area contributed by atoms with Crippen molar-refractivity contribution in [1.82, 2.24) is 9.99 Å². The number of nitrogens with zero attached hydrogens (tertiary/aromatic N) is 2. The Labute approximate surface area is 172 Å². The van der Waals surface area contributed by atoms with Crippen LogP contribution < -0.4 is 5.43 Å². The molecule has 0 radical (unpaired) electrons. The summed E-state index contributed by atoms with van der Waals surface area (Å²) in [7, 11) is 1.87. The summed E-state index contributed by atoms with van der Waals surface area (Å²) >= 11 is 6.41. The second-order valence-corrected chi connectivity index (χ2v) is 6.97. The number of fused-ring (bicyclic) bond motifs is 1. The third-order valence-electron chi connectivity index (χ3n) is 4.73. The maximum absolute atomic E-state index is 12.5. The van der Waals surface area contributed by atoms with E-state index in [0.29, 0.717) is 10.7 Å². The van der Waals surface area contributed by atoms with Crippen molar-refractivity contribution in [3.63, 3.8) is 0 Å². The van der Waals surface area contributed by atoms with Gasteiger partial charge in [-0.1, -0.05) is 66.2 Å². The number of amides is 1. The topological polar surface area (TPSA) is 66.6 Å². The molecule has 0 bridgehead atoms. The summed E-state index contributed by atoms with van der Waals surface area (Å²) in [5, 5.41) is 16.4. The minimum Gasteiger partial charge on any atom is -0.507 e. The number of carbonyl (C=O) groups excluding carboxylic acids is 1. The van der Waals surface area contributed by atoms with Crippen molar-refractivity contribution < 1.29 is 9.90 Å². The van der Waals surface area contributed by atoms with Crippen LogP contribution in [0.1, 0.15) is 15.9 Å². The Morgan fingerprint density at radius 2 is 1.69 bits per heavy atom. The first kappa shape index (κ1) is 18.8. The van der Waals surface area contributed by atoms with Crippen molar-refractivity contribution in [2.75, 3.05) is 0 Å². The van der Waals surface area contributed by atoms with E-state index in [1.165, 1.54) is 6.21 Å². The molecule has 0 fully saturated rings. The predicted molar refractivity (Wildman–Crippen MR) is 117 cm³/mol. The first-order valence-corrected chi connectivity index (χ1v) is 9.38. The fraction of sp³-hybridized carbons (Fsp3) is 0.0435. The number of hydrogen-bond acceptors (Lipinski definition) is 3. The highest BCUT2D eigenvalue weighted by Gasteiger charge is 2.13. The number of nitrogens with one attached hydrogen (secondary N) is 1. The third-order valence-corrected chi connectivity index (χ3v) is 5.21. The van der Waals surface area contributed by atoms with Gasteiger partial charge in [0.2, 0.25) is 0 Å². The highest BCUT2D eigenvalue weighted by Crippen LogP contribution is 2.27. The second-order valence-electron chi connectivity index (χ2n) is 6.62. The summed E-state index contributed by atoms with van der Waals surface area (Å²) in [5.74, 6) is -0.597. The zero-order chi connectivity index (χ0) is 20.4. The van der Waals surface area contributed by atoms with Crippen LogP contribution in [0, 0.1) is 0 Å². The van der Waals surface area contributed by atoms with Gasteiger partial charge in [-0.2, -0.15) is 5.10 Å². The Balaban J connectivity index is 1.55. The van der Waals surface area contributed by atoms with E-state index in [-0.39, 0.29) is 11.3 Å². The summed E-state index contributed by atoms with van der Waals surface area (Å²) in [6.45, 7) is 0. The van der Waals surface area contributed by atoms with Crippen molar-refractivity contribution in [1.29, 1.82) is 0 Å². The molecule has 0 saturated heterocycles. The molecule has 144 valence electrons. The van der Waals surface area contributed by atoms with Crippen LogP contribution in [0.2, 0.25) is 5.15 Å². The molecule has 6 heteroatoms. The predicted octanol–water partition coefficient (Wildman–Crippen LogP) is 4.97. The average Bonchev–Trinajstić information content (AvgIpc) is 3.02. The van der Waals surface area contributed by atoms with Gasteiger partial charge in [0.1, 0.15) is 10.9 Å². The molecule has 0 spiro atoms. The van der Waals surface area contributed by atoms with Crippen LogP contribution in [0.25, 0.3) is 22.0 Å². The van der Waals surface area contributed by atoms with Gasteiger partial charge in [0.25, 0.3) is 5.91 Å². The fourth-order valence-corrected chi connectivity index (χ4v) is 3.40. The number of hydrazone groups is 1. The van der Waals surface area contributed by atoms with E-state index in [9.17, 15) is 9.90 Å². The van der Waals surface area contributed by atoms with Gasteiger partial charge in [0.05, 0.1) is 11.8 Å². The number of halogens is 1. The van der Waals surface area contributed by atoms with Crippen LogP contribution in [-0.2, 0) is 7.05 Å². The number of carbonyl (C=O) groups is 1. The van der Waals surface area contributed by atoms with Gasteiger partial charge in [-0.05, 0) is 34.5 Å². The zero-order valence-electron chi connectivity index (χ0n) is 15.6. The molecule has 0 saturated carbocycles. The van der Waals surface area contributed by atoms with Gasteiger partial charge in [0, 0.05) is 18.3 Å². The molecular formula is C23H18ClN3O2. The number of rotatable bonds is 4. The standard InChI is InChI=1S/C23H18ClN3O2/c1-27-20(15-7-3-2-4-8-15)12-18(22(27)24)14-25-26-23(29)19-11-16-9-5-6-10-17(16)13-21(19)28/h2-14,28H,1H3,(H,26,29)/b25-14-. The van der Waals surface area contributed by atoms with Gasteiger partial charge in [0.15, 0.2) is 0 Å². The smallest absolute Gasteiger partial charge is 0.275 e. The minimum absolute atomic E-state index is 0.0968. The number of benzene rings is 3. The van der Waals surface area contributed by atoms with Gasteiger partial charge in [-0.15, -0.1) is 0 Å². The van der Waals surface area contributed by atoms with E-state index in [1.54, 1.807) is 12.1 Å². The van der Waals surface area contributed by atoms with E-state index < -0.39 is 5.91 Å². The fourth-order valence-electron chi connectivity index (χ4n) is 3.21. The molecule has 0 aliphatic rings. The first-order chi connectivity index (χ1) is 14.0. The summed E-state index contributed by atoms with van der Waals surface area (Å²) in [4.78, 5) is 12.5. The normalized spacial score (nSPS) is 11.2. The summed E-state index contributed by atoms with van der Waals surface area (Å²) in [6, 6.07) is 22.5. The molecule has 2 N–H and O–H groups in total. The van der Waals surface area contributed by atoms with Crippen LogP contribution in [0.3, 0.4) is 0 Å². The van der Waals surface area contributed by atoms with E-state index in [4.69, 9.17) is 11.6 Å². The van der Waals surface area contributed by atoms with E-state index in [1.807, 2.05) is 72.3 Å². The van der Waals surface area contributed by atoms with Crippen molar-refractivity contribution >= 4 is 34.5 Å². The molecule has 1 heterocycles. The highest BCUT2D eigenvalue weighted by atomic mass is 35.5. The maximum Gasteiger partial charge on any atom is 0.275 e. The number of phenols is 1. The quantitative estimate of drug-likeness (QED) is 0.373. The Morgan fingerprint density at radius 3 is 2.41 bits per heavy atom. The number of aromatic hydroxyl groups is 1. The second kappa shape index (κ2) is 7.81. The Bertz CT molecular complexity index is 1230. The van der Waals surface area contributed by atoms with Crippen molar-refractivity contribution in [3.05, 3.63) is 89.1 Å². The molecule has 3 aromatic carbocycles. The van der Waals surface area contributed by atoms with Gasteiger partial charge in [-0.25, -0.2) is 5.43 Å². The molecule has 0 atom stereocenters. The van der Waals surface area contributed by atoms with Crippen molar-refractivity contribution in [2.24, 2.45) is 12.1 Å². The van der Waals surface area contributed by atoms with E-state index >= 15 is 0 Å². The van der Waals surface area contributed by atoms with Crippen LogP contribution in [0.15, 0.2) is 77.9 Å². The molecule has 0 unspecified atom stereocenters. The van der Waals surface area contributed by atoms with E-state index in [2.05, 4.69) is 10.5 Å². The van der Waals surface area contributed by atoms with Crippen molar-refractivity contribution in [2.45, 2.75) is 0 Å². The number of phenolic OH excluding ortho intramolecular Hbond substituents is 1. The minimum atomic E-state index is -0.500. The molecular weight excluding hydrogens is 386 g/mol. The van der Waals surface area contributed by atoms with E-state index in [0.717, 1.165) is 22.0 Å². The van der Waals surface area contributed by atoms with Gasteiger partial charge < -0.3 is 9.67 Å². The summed E-state index contributed by atoms with van der Waals surface area (Å²) in [5.41, 5.74) is 5.26. The molecule has 5 nitrogen and oxygen atoms in total. The highest BCUT2D eigenvalue weighted by molar-refractivity contribution is 6.32. The molecule has 4 aromatic rings. The molecule has 0 aliphatic heterocycles. The Kier molecular flexibility index (Phi) is 5.06. The zero-order valence-corrected chi connectivity index (χ0v) is 16.4. The monoisotopic (exact) mass is 403 g/mol. The Hall–Kier alpha value is -3.57. The molecule has 29 heavy (non-hydrogen) atoms. The number of aromatic nitrogens is 1. The maximum atomic E-state index is 12.5. The third kappa shape index (κ3) is 3.73. The van der Waals surface area contributed by atoms with Crippen LogP contribution >= 0.6 is 11.6 Å². The van der Waals surface area contributed by atoms with Gasteiger partial charge >= 0.3 is 0 Å². The molecule has 1 amide bonds. The number of hydrogen-bond donors (Lipinski definition) is 2. The first-order valence-electron chi connectivity index (χ1n) is 9.00. The molecule has 1 aromatic heterocycles. The molecule has 4 rings (SSSR count). The lowest BCUT2D eigenvalue weighted by Crippen LogP contribution is -2.17. The largest absolute Gasteiger partial charge is 0.507 e. The van der Waals surface area contributed by atoms with Crippen LogP contribution in [0.4, 0.5) is 0 Å².